The molecule has 2 heterocycles. The van der Waals surface area contributed by atoms with Crippen molar-refractivity contribution in [3.05, 3.63) is 36.2 Å². The molecule has 4 nitrogen and oxygen atoms in total. The number of hydrogen-bond donors (Lipinski definition) is 0. The highest BCUT2D eigenvalue weighted by Gasteiger charge is 2.29. The number of aromatic nitrogens is 1. The monoisotopic (exact) mass is 276 g/mol. The first-order chi connectivity index (χ1) is 9.61. The Morgan fingerprint density at radius 3 is 2.70 bits per heavy atom. The molecule has 1 aromatic heterocycles. The van der Waals surface area contributed by atoms with Crippen LogP contribution in [0.1, 0.15) is 31.0 Å². The number of hydrogen-bond acceptors (Lipinski definition) is 4. The minimum atomic E-state index is 0.289. The zero-order valence-electron chi connectivity index (χ0n) is 12.6. The van der Waals surface area contributed by atoms with Crippen molar-refractivity contribution in [2.75, 3.05) is 33.4 Å². The molecule has 0 spiro atoms. The highest BCUT2D eigenvalue weighted by molar-refractivity contribution is 5.59. The second-order valence-electron chi connectivity index (χ2n) is 5.47. The average molecular weight is 276 g/mol. The number of ether oxygens (including phenoxy) is 2. The third kappa shape index (κ3) is 3.58. The van der Waals surface area contributed by atoms with Gasteiger partial charge in [0.25, 0.3) is 0 Å². The van der Waals surface area contributed by atoms with Gasteiger partial charge in [0.1, 0.15) is 0 Å². The van der Waals surface area contributed by atoms with Crippen LogP contribution < -0.4 is 0 Å². The zero-order chi connectivity index (χ0) is 14.5. The molecule has 1 aliphatic rings. The molecule has 0 atom stereocenters. The minimum absolute atomic E-state index is 0.289. The summed E-state index contributed by atoms with van der Waals surface area (Å²) >= 11 is 0. The Labute approximate surface area is 121 Å². The zero-order valence-corrected chi connectivity index (χ0v) is 12.6. The maximum atomic E-state index is 5.66. The summed E-state index contributed by atoms with van der Waals surface area (Å²) in [5.41, 5.74) is 3.18. The summed E-state index contributed by atoms with van der Waals surface area (Å²) < 4.78 is 10.6. The van der Waals surface area contributed by atoms with Crippen LogP contribution in [0.5, 0.6) is 0 Å². The summed E-state index contributed by atoms with van der Waals surface area (Å²) in [7, 11) is 1.69. The molecule has 0 unspecified atom stereocenters. The molecule has 0 aliphatic carbocycles. The fraction of sp³-hybridized carbons (Fsp3) is 0.562. The lowest BCUT2D eigenvalue weighted by molar-refractivity contribution is -0.0460. The number of pyridine rings is 1. The lowest BCUT2D eigenvalue weighted by Crippen LogP contribution is -2.51. The molecule has 1 saturated heterocycles. The second kappa shape index (κ2) is 6.86. The molecule has 0 aromatic carbocycles. The van der Waals surface area contributed by atoms with Crippen molar-refractivity contribution >= 4 is 5.70 Å². The second-order valence-corrected chi connectivity index (χ2v) is 5.47. The van der Waals surface area contributed by atoms with Crippen LogP contribution in [0, 0.1) is 0 Å². The van der Waals surface area contributed by atoms with Crippen molar-refractivity contribution in [2.45, 2.75) is 25.9 Å². The normalized spacial score (nSPS) is 15.5. The molecule has 0 bridgehead atoms. The van der Waals surface area contributed by atoms with Crippen molar-refractivity contribution in [3.8, 4) is 0 Å². The molecular formula is C16H24N2O2. The predicted molar refractivity (Wildman–Crippen MR) is 80.5 cm³/mol. The Bertz CT molecular complexity index is 436. The number of likely N-dealkylation sites (tertiary alicyclic amines) is 1. The fourth-order valence-corrected chi connectivity index (χ4v) is 2.14. The maximum absolute atomic E-state index is 5.66. The Morgan fingerprint density at radius 1 is 1.40 bits per heavy atom. The Balaban J connectivity index is 1.81. The summed E-state index contributed by atoms with van der Waals surface area (Å²) in [5, 5.41) is 0. The van der Waals surface area contributed by atoms with Crippen molar-refractivity contribution < 1.29 is 9.47 Å². The third-order valence-corrected chi connectivity index (χ3v) is 3.62. The average Bonchev–Trinajstić information content (AvgIpc) is 2.41. The van der Waals surface area contributed by atoms with E-state index in [1.54, 1.807) is 7.11 Å². The molecule has 1 aromatic rings. The van der Waals surface area contributed by atoms with Crippen LogP contribution in [-0.2, 0) is 9.47 Å². The standard InChI is InChI=1S/C16H24N2O2/c1-12(2)14-5-6-16(17-9-14)13(3)18-10-15(11-18)20-8-7-19-4/h5-6,9,12,15H,3,7-8,10-11H2,1-2,4H3. The minimum Gasteiger partial charge on any atom is -0.382 e. The Kier molecular flexibility index (Phi) is 5.15. The third-order valence-electron chi connectivity index (χ3n) is 3.62. The van der Waals surface area contributed by atoms with Crippen LogP contribution in [0.15, 0.2) is 24.9 Å². The Hall–Kier alpha value is -1.39. The van der Waals surface area contributed by atoms with Gasteiger partial charge in [-0.15, -0.1) is 0 Å². The lowest BCUT2D eigenvalue weighted by Gasteiger charge is -2.41. The van der Waals surface area contributed by atoms with E-state index in [4.69, 9.17) is 9.47 Å². The van der Waals surface area contributed by atoms with Gasteiger partial charge in [-0.3, -0.25) is 4.98 Å². The quantitative estimate of drug-likeness (QED) is 0.717. The van der Waals surface area contributed by atoms with Gasteiger partial charge in [-0.2, -0.15) is 0 Å². The summed E-state index contributed by atoms with van der Waals surface area (Å²) in [6.45, 7) is 11.5. The lowest BCUT2D eigenvalue weighted by atomic mass is 10.0. The van der Waals surface area contributed by atoms with E-state index < -0.39 is 0 Å². The van der Waals surface area contributed by atoms with Crippen LogP contribution in [0.4, 0.5) is 0 Å². The van der Waals surface area contributed by atoms with E-state index in [-0.39, 0.29) is 6.10 Å². The molecule has 2 rings (SSSR count). The van der Waals surface area contributed by atoms with E-state index in [9.17, 15) is 0 Å². The van der Waals surface area contributed by atoms with Crippen molar-refractivity contribution in [2.24, 2.45) is 0 Å². The Morgan fingerprint density at radius 2 is 2.15 bits per heavy atom. The van der Waals surface area contributed by atoms with E-state index in [2.05, 4.69) is 42.4 Å². The first-order valence-corrected chi connectivity index (χ1v) is 7.12. The summed E-state index contributed by atoms with van der Waals surface area (Å²) in [4.78, 5) is 6.70. The molecule has 20 heavy (non-hydrogen) atoms. The van der Waals surface area contributed by atoms with Crippen LogP contribution in [0.2, 0.25) is 0 Å². The number of methoxy groups -OCH3 is 1. The van der Waals surface area contributed by atoms with E-state index >= 15 is 0 Å². The van der Waals surface area contributed by atoms with E-state index in [1.807, 2.05) is 6.20 Å². The summed E-state index contributed by atoms with van der Waals surface area (Å²) in [6, 6.07) is 4.18. The molecule has 0 saturated carbocycles. The van der Waals surface area contributed by atoms with Gasteiger partial charge in [0, 0.05) is 26.4 Å². The maximum Gasteiger partial charge on any atom is 0.0925 e. The molecule has 0 radical (unpaired) electrons. The first kappa shape index (κ1) is 15.0. The van der Waals surface area contributed by atoms with Gasteiger partial charge in [0.2, 0.25) is 0 Å². The van der Waals surface area contributed by atoms with Gasteiger partial charge in [-0.25, -0.2) is 0 Å². The topological polar surface area (TPSA) is 34.6 Å². The van der Waals surface area contributed by atoms with Gasteiger partial charge < -0.3 is 14.4 Å². The van der Waals surface area contributed by atoms with Gasteiger partial charge in [-0.05, 0) is 17.5 Å². The van der Waals surface area contributed by atoms with E-state index in [0.717, 1.165) is 24.5 Å². The van der Waals surface area contributed by atoms with Crippen molar-refractivity contribution in [1.29, 1.82) is 0 Å². The molecular weight excluding hydrogens is 252 g/mol. The fourth-order valence-electron chi connectivity index (χ4n) is 2.14. The van der Waals surface area contributed by atoms with Crippen LogP contribution in [-0.4, -0.2) is 49.4 Å². The predicted octanol–water partition coefficient (Wildman–Crippen LogP) is 2.52. The SMILES string of the molecule is C=C(c1ccc(C(C)C)cn1)N1CC(OCCOC)C1. The van der Waals surface area contributed by atoms with E-state index in [1.165, 1.54) is 5.56 Å². The van der Waals surface area contributed by atoms with E-state index in [0.29, 0.717) is 19.1 Å². The van der Waals surface area contributed by atoms with Crippen LogP contribution in [0.3, 0.4) is 0 Å². The number of nitrogens with zero attached hydrogens (tertiary/aromatic N) is 2. The smallest absolute Gasteiger partial charge is 0.0925 e. The molecule has 1 aliphatic heterocycles. The first-order valence-electron chi connectivity index (χ1n) is 7.12. The van der Waals surface area contributed by atoms with Crippen LogP contribution in [0.25, 0.3) is 5.70 Å². The van der Waals surface area contributed by atoms with Crippen LogP contribution >= 0.6 is 0 Å². The molecule has 0 amide bonds. The molecule has 4 heteroatoms. The molecule has 110 valence electrons. The van der Waals surface area contributed by atoms with Gasteiger partial charge in [0.05, 0.1) is 30.7 Å². The highest BCUT2D eigenvalue weighted by Crippen LogP contribution is 2.24. The van der Waals surface area contributed by atoms with Crippen molar-refractivity contribution in [3.63, 3.8) is 0 Å². The summed E-state index contributed by atoms with van der Waals surface area (Å²) in [5.74, 6) is 0.507. The highest BCUT2D eigenvalue weighted by atomic mass is 16.5. The van der Waals surface area contributed by atoms with Gasteiger partial charge >= 0.3 is 0 Å². The van der Waals surface area contributed by atoms with Gasteiger partial charge in [-0.1, -0.05) is 26.5 Å². The molecule has 1 fully saturated rings. The molecule has 0 N–H and O–H groups in total. The van der Waals surface area contributed by atoms with Crippen molar-refractivity contribution in [1.82, 2.24) is 9.88 Å². The summed E-state index contributed by atoms with van der Waals surface area (Å²) in [6.07, 6.45) is 2.23. The largest absolute Gasteiger partial charge is 0.382 e. The number of rotatable bonds is 7. The van der Waals surface area contributed by atoms with Gasteiger partial charge in [0.15, 0.2) is 0 Å².